The van der Waals surface area contributed by atoms with Gasteiger partial charge in [-0.1, -0.05) is 33.6 Å². The molecule has 70 valence electrons. The number of halogens is 3. The average Bonchev–Trinajstić information content (AvgIpc) is 2.03. The van der Waals surface area contributed by atoms with E-state index in [0.29, 0.717) is 11.0 Å². The van der Waals surface area contributed by atoms with Gasteiger partial charge in [-0.25, -0.2) is 4.39 Å². The van der Waals surface area contributed by atoms with Crippen molar-refractivity contribution in [3.8, 4) is 0 Å². The van der Waals surface area contributed by atoms with Gasteiger partial charge in [0.2, 0.25) is 0 Å². The van der Waals surface area contributed by atoms with E-state index in [1.165, 1.54) is 17.7 Å². The second kappa shape index (κ2) is 5.25. The lowest BCUT2D eigenvalue weighted by Gasteiger charge is -2.03. The van der Waals surface area contributed by atoms with Crippen molar-refractivity contribution in [2.45, 2.75) is 0 Å². The molecule has 0 aliphatic carbocycles. The summed E-state index contributed by atoms with van der Waals surface area (Å²) in [6.45, 7) is 0.583. The maximum atomic E-state index is 12.8. The Balaban J connectivity index is 2.66. The second-order valence-corrected chi connectivity index (χ2v) is 3.57. The van der Waals surface area contributed by atoms with Crippen LogP contribution in [0, 0.1) is 5.82 Å². The molecule has 4 heteroatoms. The quantitative estimate of drug-likeness (QED) is 0.877. The number of benzene rings is 1. The third kappa shape index (κ3) is 3.79. The molecular formula is C9H8BrClFN. The Bertz CT molecular complexity index is 294. The van der Waals surface area contributed by atoms with Crippen LogP contribution in [0.2, 0.25) is 0 Å². The van der Waals surface area contributed by atoms with Crippen LogP contribution in [0.1, 0.15) is 0 Å². The fraction of sp³-hybridized carbons (Fsp3) is 0.111. The molecule has 0 aromatic heterocycles. The van der Waals surface area contributed by atoms with Gasteiger partial charge in [-0.3, -0.25) is 0 Å². The van der Waals surface area contributed by atoms with Gasteiger partial charge in [-0.05, 0) is 18.2 Å². The molecule has 1 rings (SSSR count). The number of anilines is 1. The van der Waals surface area contributed by atoms with Crippen LogP contribution >= 0.6 is 27.5 Å². The standard InChI is InChI=1S/C9H8BrClFN/c10-7-4-8(12)6-9(5-7)13-3-1-2-11/h1-2,4-6,13H,3H2/b2-1+. The molecule has 0 atom stereocenters. The number of hydrogen-bond donors (Lipinski definition) is 1. The Morgan fingerprint density at radius 2 is 2.23 bits per heavy atom. The van der Waals surface area contributed by atoms with Gasteiger partial charge in [-0.15, -0.1) is 0 Å². The minimum atomic E-state index is -0.272. The Hall–Kier alpha value is -0.540. The van der Waals surface area contributed by atoms with Crippen LogP contribution in [0.4, 0.5) is 10.1 Å². The molecule has 0 fully saturated rings. The van der Waals surface area contributed by atoms with Gasteiger partial charge < -0.3 is 5.32 Å². The highest BCUT2D eigenvalue weighted by Crippen LogP contribution is 2.18. The van der Waals surface area contributed by atoms with E-state index in [0.717, 1.165) is 5.69 Å². The first-order chi connectivity index (χ1) is 6.22. The Morgan fingerprint density at radius 3 is 2.85 bits per heavy atom. The van der Waals surface area contributed by atoms with Crippen LogP contribution < -0.4 is 5.32 Å². The second-order valence-electron chi connectivity index (χ2n) is 2.40. The summed E-state index contributed by atoms with van der Waals surface area (Å²) in [6, 6.07) is 4.63. The molecule has 0 unspecified atom stereocenters. The lowest BCUT2D eigenvalue weighted by molar-refractivity contribution is 0.627. The number of nitrogens with one attached hydrogen (secondary N) is 1. The predicted octanol–water partition coefficient (Wildman–Crippen LogP) is 3.75. The van der Waals surface area contributed by atoms with Gasteiger partial charge in [0.1, 0.15) is 5.82 Å². The smallest absolute Gasteiger partial charge is 0.126 e. The summed E-state index contributed by atoms with van der Waals surface area (Å²) < 4.78 is 13.5. The highest BCUT2D eigenvalue weighted by atomic mass is 79.9. The van der Waals surface area contributed by atoms with Crippen molar-refractivity contribution >= 4 is 33.2 Å². The van der Waals surface area contributed by atoms with Crippen LogP contribution in [0.15, 0.2) is 34.3 Å². The normalized spacial score (nSPS) is 10.7. The molecule has 0 amide bonds. The number of hydrogen-bond acceptors (Lipinski definition) is 1. The maximum Gasteiger partial charge on any atom is 0.126 e. The monoisotopic (exact) mass is 263 g/mol. The minimum absolute atomic E-state index is 0.272. The molecule has 0 bridgehead atoms. The van der Waals surface area contributed by atoms with Crippen molar-refractivity contribution < 1.29 is 4.39 Å². The van der Waals surface area contributed by atoms with Crippen LogP contribution in [0.3, 0.4) is 0 Å². The van der Waals surface area contributed by atoms with Gasteiger partial charge in [0, 0.05) is 22.2 Å². The summed E-state index contributed by atoms with van der Waals surface area (Å²) in [4.78, 5) is 0. The third-order valence-corrected chi connectivity index (χ3v) is 2.01. The van der Waals surface area contributed by atoms with Gasteiger partial charge in [0.25, 0.3) is 0 Å². The molecule has 0 aliphatic heterocycles. The van der Waals surface area contributed by atoms with Crippen molar-refractivity contribution in [3.63, 3.8) is 0 Å². The Kier molecular flexibility index (Phi) is 4.25. The van der Waals surface area contributed by atoms with Crippen LogP contribution in [-0.2, 0) is 0 Å². The zero-order chi connectivity index (χ0) is 9.68. The van der Waals surface area contributed by atoms with E-state index < -0.39 is 0 Å². The first kappa shape index (κ1) is 10.5. The summed E-state index contributed by atoms with van der Waals surface area (Å²) in [6.07, 6.45) is 1.74. The molecule has 0 heterocycles. The van der Waals surface area contributed by atoms with E-state index in [2.05, 4.69) is 21.2 Å². The SMILES string of the molecule is Fc1cc(Br)cc(NC/C=C/Cl)c1. The molecular weight excluding hydrogens is 256 g/mol. The lowest BCUT2D eigenvalue weighted by atomic mass is 10.3. The first-order valence-electron chi connectivity index (χ1n) is 3.67. The summed E-state index contributed by atoms with van der Waals surface area (Å²) >= 11 is 8.52. The summed E-state index contributed by atoms with van der Waals surface area (Å²) in [5.41, 5.74) is 2.14. The van der Waals surface area contributed by atoms with Crippen molar-refractivity contribution in [3.05, 3.63) is 40.1 Å². The van der Waals surface area contributed by atoms with Crippen LogP contribution in [-0.4, -0.2) is 6.54 Å². The lowest BCUT2D eigenvalue weighted by Crippen LogP contribution is -1.98. The maximum absolute atomic E-state index is 12.8. The fourth-order valence-corrected chi connectivity index (χ4v) is 1.43. The first-order valence-corrected chi connectivity index (χ1v) is 4.90. The molecule has 0 spiro atoms. The van der Waals surface area contributed by atoms with Crippen LogP contribution in [0.25, 0.3) is 0 Å². The molecule has 0 radical (unpaired) electrons. The molecule has 1 aromatic rings. The Labute approximate surface area is 89.7 Å². The summed E-state index contributed by atoms with van der Waals surface area (Å²) in [5, 5.41) is 2.99. The highest BCUT2D eigenvalue weighted by molar-refractivity contribution is 9.10. The van der Waals surface area contributed by atoms with Gasteiger partial charge in [0.15, 0.2) is 0 Å². The predicted molar refractivity (Wildman–Crippen MR) is 57.6 cm³/mol. The summed E-state index contributed by atoms with van der Waals surface area (Å²) in [7, 11) is 0. The molecule has 1 aromatic carbocycles. The molecule has 13 heavy (non-hydrogen) atoms. The van der Waals surface area contributed by atoms with Gasteiger partial charge in [0.05, 0.1) is 0 Å². The van der Waals surface area contributed by atoms with E-state index >= 15 is 0 Å². The van der Waals surface area contributed by atoms with Gasteiger partial charge >= 0.3 is 0 Å². The molecule has 1 nitrogen and oxygen atoms in total. The van der Waals surface area contributed by atoms with Crippen LogP contribution in [0.5, 0.6) is 0 Å². The highest BCUT2D eigenvalue weighted by Gasteiger charge is 1.96. The molecule has 0 saturated carbocycles. The molecule has 0 aliphatic rings. The summed E-state index contributed by atoms with van der Waals surface area (Å²) in [5.74, 6) is -0.272. The largest absolute Gasteiger partial charge is 0.381 e. The van der Waals surface area contributed by atoms with E-state index in [1.54, 1.807) is 12.1 Å². The van der Waals surface area contributed by atoms with Gasteiger partial charge in [-0.2, -0.15) is 0 Å². The van der Waals surface area contributed by atoms with E-state index in [1.807, 2.05) is 0 Å². The molecule has 1 N–H and O–H groups in total. The fourth-order valence-electron chi connectivity index (χ4n) is 0.877. The zero-order valence-electron chi connectivity index (χ0n) is 6.73. The van der Waals surface area contributed by atoms with Crippen molar-refractivity contribution in [1.82, 2.24) is 0 Å². The Morgan fingerprint density at radius 1 is 1.46 bits per heavy atom. The van der Waals surface area contributed by atoms with E-state index in [4.69, 9.17) is 11.6 Å². The number of rotatable bonds is 3. The van der Waals surface area contributed by atoms with E-state index in [9.17, 15) is 4.39 Å². The topological polar surface area (TPSA) is 12.0 Å². The van der Waals surface area contributed by atoms with Crippen molar-refractivity contribution in [2.24, 2.45) is 0 Å². The average molecular weight is 265 g/mol. The van der Waals surface area contributed by atoms with Crippen molar-refractivity contribution in [2.75, 3.05) is 11.9 Å². The zero-order valence-corrected chi connectivity index (χ0v) is 9.07. The third-order valence-electron chi connectivity index (χ3n) is 1.38. The van der Waals surface area contributed by atoms with E-state index in [-0.39, 0.29) is 5.82 Å². The molecule has 0 saturated heterocycles. The minimum Gasteiger partial charge on any atom is -0.381 e. The van der Waals surface area contributed by atoms with Crippen molar-refractivity contribution in [1.29, 1.82) is 0 Å².